The first-order valence-corrected chi connectivity index (χ1v) is 7.36. The van der Waals surface area contributed by atoms with Gasteiger partial charge in [-0.1, -0.05) is 19.4 Å². The van der Waals surface area contributed by atoms with Gasteiger partial charge in [0.2, 0.25) is 0 Å². The second-order valence-corrected chi connectivity index (χ2v) is 5.97. The van der Waals surface area contributed by atoms with Gasteiger partial charge >= 0.3 is 0 Å². The van der Waals surface area contributed by atoms with E-state index < -0.39 is 15.9 Å². The van der Waals surface area contributed by atoms with Crippen molar-refractivity contribution in [2.75, 3.05) is 18.9 Å². The predicted octanol–water partition coefficient (Wildman–Crippen LogP) is 1.67. The van der Waals surface area contributed by atoms with E-state index >= 15 is 0 Å². The lowest BCUT2D eigenvalue weighted by molar-refractivity contribution is 0.0870. The van der Waals surface area contributed by atoms with E-state index in [2.05, 4.69) is 5.32 Å². The maximum Gasteiger partial charge on any atom is 0.269 e. The van der Waals surface area contributed by atoms with E-state index in [1.807, 2.05) is 6.92 Å². The molecule has 1 aliphatic rings. The summed E-state index contributed by atoms with van der Waals surface area (Å²) in [4.78, 5) is 12.2. The fourth-order valence-electron chi connectivity index (χ4n) is 2.06. The normalized spacial score (nSPS) is 16.8. The number of carbonyl (C=O) groups excluding carboxylic acids is 1. The lowest BCUT2D eigenvalue weighted by atomic mass is 10.2. The van der Waals surface area contributed by atoms with Gasteiger partial charge in [-0.3, -0.25) is 4.79 Å². The summed E-state index contributed by atoms with van der Waals surface area (Å²) < 4.78 is 25.7. The van der Waals surface area contributed by atoms with Gasteiger partial charge in [0.15, 0.2) is 0 Å². The quantitative estimate of drug-likeness (QED) is 0.902. The molecule has 0 radical (unpaired) electrons. The van der Waals surface area contributed by atoms with Crippen molar-refractivity contribution in [1.82, 2.24) is 4.31 Å². The molecule has 0 spiro atoms. The van der Waals surface area contributed by atoms with Crippen molar-refractivity contribution >= 4 is 21.6 Å². The minimum absolute atomic E-state index is 0.105. The summed E-state index contributed by atoms with van der Waals surface area (Å²) in [5, 5.41) is 2.82. The standard InChI is InChI=1S/C12H16N2O3S/c1-3-4-8-14-12(15)9-6-5-7-10(13-2)11(9)18(14,16)17/h5-7,13H,3-4,8H2,1-2H3. The molecule has 0 saturated carbocycles. The van der Waals surface area contributed by atoms with E-state index in [1.54, 1.807) is 25.2 Å². The summed E-state index contributed by atoms with van der Waals surface area (Å²) in [5.74, 6) is -0.421. The van der Waals surface area contributed by atoms with Crippen LogP contribution < -0.4 is 5.32 Å². The van der Waals surface area contributed by atoms with Gasteiger partial charge in [-0.15, -0.1) is 0 Å². The van der Waals surface area contributed by atoms with Crippen LogP contribution in [0, 0.1) is 0 Å². The highest BCUT2D eigenvalue weighted by molar-refractivity contribution is 7.90. The van der Waals surface area contributed by atoms with Gasteiger partial charge < -0.3 is 5.32 Å². The van der Waals surface area contributed by atoms with Crippen LogP contribution >= 0.6 is 0 Å². The molecule has 1 heterocycles. The van der Waals surface area contributed by atoms with E-state index in [1.165, 1.54) is 0 Å². The summed E-state index contributed by atoms with van der Waals surface area (Å²) in [6.45, 7) is 2.20. The average Bonchev–Trinajstić information content (AvgIpc) is 2.56. The molecule has 0 fully saturated rings. The van der Waals surface area contributed by atoms with Crippen LogP contribution in [0.25, 0.3) is 0 Å². The Morgan fingerprint density at radius 1 is 1.33 bits per heavy atom. The van der Waals surface area contributed by atoms with Crippen molar-refractivity contribution in [1.29, 1.82) is 0 Å². The van der Waals surface area contributed by atoms with Crippen LogP contribution in [0.15, 0.2) is 23.1 Å². The number of hydrogen-bond donors (Lipinski definition) is 1. The van der Waals surface area contributed by atoms with E-state index in [0.29, 0.717) is 12.1 Å². The highest BCUT2D eigenvalue weighted by Crippen LogP contribution is 2.35. The molecular formula is C12H16N2O3S. The largest absolute Gasteiger partial charge is 0.387 e. The van der Waals surface area contributed by atoms with Crippen molar-refractivity contribution in [2.24, 2.45) is 0 Å². The first-order chi connectivity index (χ1) is 8.54. The second-order valence-electron chi connectivity index (χ2n) is 4.17. The average molecular weight is 268 g/mol. The van der Waals surface area contributed by atoms with Crippen LogP contribution in [0.5, 0.6) is 0 Å². The molecule has 18 heavy (non-hydrogen) atoms. The number of amides is 1. The summed E-state index contributed by atoms with van der Waals surface area (Å²) in [5.41, 5.74) is 0.734. The fourth-order valence-corrected chi connectivity index (χ4v) is 3.85. The number of nitrogens with zero attached hydrogens (tertiary/aromatic N) is 1. The van der Waals surface area contributed by atoms with Crippen molar-refractivity contribution in [3.8, 4) is 0 Å². The first kappa shape index (κ1) is 12.9. The molecule has 6 heteroatoms. The Morgan fingerprint density at radius 2 is 2.06 bits per heavy atom. The van der Waals surface area contributed by atoms with Crippen molar-refractivity contribution in [3.63, 3.8) is 0 Å². The molecule has 1 amide bonds. The number of fused-ring (bicyclic) bond motifs is 1. The molecule has 1 aromatic carbocycles. The van der Waals surface area contributed by atoms with Crippen LogP contribution in [0.2, 0.25) is 0 Å². The Hall–Kier alpha value is -1.56. The molecule has 0 unspecified atom stereocenters. The smallest absolute Gasteiger partial charge is 0.269 e. The maximum absolute atomic E-state index is 12.3. The third-order valence-electron chi connectivity index (χ3n) is 3.00. The monoisotopic (exact) mass is 268 g/mol. The van der Waals surface area contributed by atoms with Crippen molar-refractivity contribution in [3.05, 3.63) is 23.8 Å². The number of carbonyl (C=O) groups is 1. The summed E-state index contributed by atoms with van der Waals surface area (Å²) >= 11 is 0. The zero-order valence-electron chi connectivity index (χ0n) is 10.4. The molecule has 1 aliphatic heterocycles. The molecule has 0 aliphatic carbocycles. The zero-order valence-corrected chi connectivity index (χ0v) is 11.3. The van der Waals surface area contributed by atoms with E-state index in [4.69, 9.17) is 0 Å². The lowest BCUT2D eigenvalue weighted by Gasteiger charge is -2.14. The van der Waals surface area contributed by atoms with Gasteiger partial charge in [-0.05, 0) is 18.6 Å². The van der Waals surface area contributed by atoms with E-state index in [-0.39, 0.29) is 17.0 Å². The van der Waals surface area contributed by atoms with Gasteiger partial charge in [0.05, 0.1) is 11.3 Å². The van der Waals surface area contributed by atoms with Crippen molar-refractivity contribution in [2.45, 2.75) is 24.7 Å². The third kappa shape index (κ3) is 1.77. The molecule has 0 atom stereocenters. The van der Waals surface area contributed by atoms with Crippen LogP contribution in [0.3, 0.4) is 0 Å². The van der Waals surface area contributed by atoms with E-state index in [0.717, 1.165) is 10.7 Å². The van der Waals surface area contributed by atoms with Gasteiger partial charge in [-0.2, -0.15) is 0 Å². The molecule has 1 N–H and O–H groups in total. The van der Waals surface area contributed by atoms with Gasteiger partial charge in [-0.25, -0.2) is 12.7 Å². The Labute approximate surface area is 107 Å². The summed E-state index contributed by atoms with van der Waals surface area (Å²) in [7, 11) is -2.05. The number of anilines is 1. The molecule has 0 saturated heterocycles. The minimum atomic E-state index is -3.69. The van der Waals surface area contributed by atoms with Crippen molar-refractivity contribution < 1.29 is 13.2 Å². The number of benzene rings is 1. The van der Waals surface area contributed by atoms with Crippen LogP contribution in [-0.4, -0.2) is 32.2 Å². The molecular weight excluding hydrogens is 252 g/mol. The second kappa shape index (κ2) is 4.61. The van der Waals surface area contributed by atoms with Crippen LogP contribution in [-0.2, 0) is 10.0 Å². The van der Waals surface area contributed by atoms with Crippen LogP contribution in [0.1, 0.15) is 30.1 Å². The maximum atomic E-state index is 12.3. The zero-order chi connectivity index (χ0) is 13.3. The molecule has 2 rings (SSSR count). The SMILES string of the molecule is CCCCN1C(=O)c2cccc(NC)c2S1(=O)=O. The Kier molecular flexibility index (Phi) is 3.30. The number of nitrogens with one attached hydrogen (secondary N) is 1. The number of sulfonamides is 1. The molecule has 1 aromatic rings. The summed E-state index contributed by atoms with van der Waals surface area (Å²) in [6.07, 6.45) is 1.52. The molecule has 5 nitrogen and oxygen atoms in total. The molecule has 0 aromatic heterocycles. The minimum Gasteiger partial charge on any atom is -0.387 e. The van der Waals surface area contributed by atoms with Crippen LogP contribution in [0.4, 0.5) is 5.69 Å². The lowest BCUT2D eigenvalue weighted by Crippen LogP contribution is -2.31. The Morgan fingerprint density at radius 3 is 2.67 bits per heavy atom. The number of hydrogen-bond acceptors (Lipinski definition) is 4. The van der Waals surface area contributed by atoms with Gasteiger partial charge in [0, 0.05) is 13.6 Å². The first-order valence-electron chi connectivity index (χ1n) is 5.92. The molecule has 0 bridgehead atoms. The highest BCUT2D eigenvalue weighted by atomic mass is 32.2. The topological polar surface area (TPSA) is 66.5 Å². The Balaban J connectivity index is 2.55. The fraction of sp³-hybridized carbons (Fsp3) is 0.417. The predicted molar refractivity (Wildman–Crippen MR) is 69.1 cm³/mol. The number of rotatable bonds is 4. The van der Waals surface area contributed by atoms with Gasteiger partial charge in [0.1, 0.15) is 4.90 Å². The van der Waals surface area contributed by atoms with Gasteiger partial charge in [0.25, 0.3) is 15.9 Å². The Bertz CT molecular complexity index is 581. The molecule has 98 valence electrons. The third-order valence-corrected chi connectivity index (χ3v) is 4.89. The van der Waals surface area contributed by atoms with E-state index in [9.17, 15) is 13.2 Å². The highest BCUT2D eigenvalue weighted by Gasteiger charge is 2.42. The number of unbranched alkanes of at least 4 members (excludes halogenated alkanes) is 1. The summed E-state index contributed by atoms with van der Waals surface area (Å²) in [6, 6.07) is 4.90.